The molecular formula is C20H33N5O. The zero-order valence-electron chi connectivity index (χ0n) is 16.3. The Hall–Kier alpha value is -2.08. The quantitative estimate of drug-likeness (QED) is 0.512. The molecule has 0 atom stereocenters. The van der Waals surface area contributed by atoms with Crippen molar-refractivity contribution < 1.29 is 4.79 Å². The number of rotatable bonds is 7. The highest BCUT2D eigenvalue weighted by Crippen LogP contribution is 2.13. The topological polar surface area (TPSA) is 68.8 Å². The maximum absolute atomic E-state index is 11.7. The Labute approximate surface area is 157 Å². The van der Waals surface area contributed by atoms with E-state index in [-0.39, 0.29) is 11.9 Å². The fraction of sp³-hybridized carbons (Fsp3) is 0.600. The largest absolute Gasteiger partial charge is 0.356 e. The van der Waals surface area contributed by atoms with Crippen molar-refractivity contribution in [2.45, 2.75) is 51.7 Å². The lowest BCUT2D eigenvalue weighted by atomic mass is 10.0. The number of aliphatic imine (C=N–C) groups is 1. The van der Waals surface area contributed by atoms with Gasteiger partial charge < -0.3 is 16.0 Å². The molecule has 1 aliphatic heterocycles. The average molecular weight is 360 g/mol. The van der Waals surface area contributed by atoms with E-state index in [4.69, 9.17) is 0 Å². The van der Waals surface area contributed by atoms with E-state index in [1.165, 1.54) is 5.56 Å². The van der Waals surface area contributed by atoms with Crippen LogP contribution in [-0.4, -0.2) is 55.5 Å². The van der Waals surface area contributed by atoms with Crippen molar-refractivity contribution in [3.8, 4) is 0 Å². The molecule has 26 heavy (non-hydrogen) atoms. The van der Waals surface area contributed by atoms with E-state index in [1.54, 1.807) is 7.05 Å². The molecule has 1 amide bonds. The maximum Gasteiger partial charge on any atom is 0.221 e. The van der Waals surface area contributed by atoms with Gasteiger partial charge in [-0.05, 0) is 32.3 Å². The molecule has 0 aliphatic carbocycles. The molecule has 144 valence electrons. The Morgan fingerprint density at radius 2 is 1.92 bits per heavy atom. The molecule has 0 spiro atoms. The monoisotopic (exact) mass is 359 g/mol. The summed E-state index contributed by atoms with van der Waals surface area (Å²) in [6.45, 7) is 7.71. The second kappa shape index (κ2) is 10.8. The minimum atomic E-state index is 0.0668. The zero-order chi connectivity index (χ0) is 18.8. The highest BCUT2D eigenvalue weighted by atomic mass is 16.1. The third-order valence-corrected chi connectivity index (χ3v) is 4.50. The van der Waals surface area contributed by atoms with Gasteiger partial charge in [0.25, 0.3) is 0 Å². The molecule has 0 unspecified atom stereocenters. The number of nitrogens with one attached hydrogen (secondary N) is 3. The number of nitrogens with zero attached hydrogens (tertiary/aromatic N) is 2. The smallest absolute Gasteiger partial charge is 0.221 e. The van der Waals surface area contributed by atoms with Crippen LogP contribution in [0, 0.1) is 0 Å². The standard InChI is InChI=1S/C20H33N5O/c1-16(2)23-19(26)9-12-22-20(21-3)24-18-10-13-25(14-11-18)15-17-7-5-4-6-8-17/h4-8,16,18H,9-15H2,1-3H3,(H,23,26)(H2,21,22,24). The number of guanidine groups is 1. The van der Waals surface area contributed by atoms with Crippen LogP contribution in [-0.2, 0) is 11.3 Å². The molecule has 1 fully saturated rings. The molecule has 0 bridgehead atoms. The second-order valence-corrected chi connectivity index (χ2v) is 7.15. The average Bonchev–Trinajstić information content (AvgIpc) is 2.62. The van der Waals surface area contributed by atoms with Crippen LogP contribution < -0.4 is 16.0 Å². The highest BCUT2D eigenvalue weighted by Gasteiger charge is 2.20. The summed E-state index contributed by atoms with van der Waals surface area (Å²) in [5, 5.41) is 9.62. The zero-order valence-corrected chi connectivity index (χ0v) is 16.3. The van der Waals surface area contributed by atoms with Gasteiger partial charge in [0.15, 0.2) is 5.96 Å². The van der Waals surface area contributed by atoms with Crippen molar-refractivity contribution in [3.05, 3.63) is 35.9 Å². The van der Waals surface area contributed by atoms with Gasteiger partial charge in [-0.3, -0.25) is 14.7 Å². The Bertz CT molecular complexity index is 565. The molecule has 0 radical (unpaired) electrons. The van der Waals surface area contributed by atoms with Crippen LogP contribution in [0.2, 0.25) is 0 Å². The number of hydrogen-bond acceptors (Lipinski definition) is 3. The Morgan fingerprint density at radius 1 is 1.23 bits per heavy atom. The first-order valence-corrected chi connectivity index (χ1v) is 9.59. The lowest BCUT2D eigenvalue weighted by Gasteiger charge is -2.33. The molecule has 1 heterocycles. The van der Waals surface area contributed by atoms with Crippen molar-refractivity contribution in [1.82, 2.24) is 20.9 Å². The van der Waals surface area contributed by atoms with Gasteiger partial charge in [-0.15, -0.1) is 0 Å². The van der Waals surface area contributed by atoms with E-state index in [0.29, 0.717) is 19.0 Å². The van der Waals surface area contributed by atoms with Gasteiger partial charge in [-0.2, -0.15) is 0 Å². The summed E-state index contributed by atoms with van der Waals surface area (Å²) in [5.74, 6) is 0.848. The summed E-state index contributed by atoms with van der Waals surface area (Å²) in [6.07, 6.45) is 2.65. The number of carbonyl (C=O) groups is 1. The van der Waals surface area contributed by atoms with Crippen LogP contribution in [0.25, 0.3) is 0 Å². The first kappa shape index (κ1) is 20.2. The summed E-state index contributed by atoms with van der Waals surface area (Å²) < 4.78 is 0. The molecule has 0 aromatic heterocycles. The van der Waals surface area contributed by atoms with Crippen LogP contribution in [0.3, 0.4) is 0 Å². The van der Waals surface area contributed by atoms with E-state index < -0.39 is 0 Å². The molecule has 3 N–H and O–H groups in total. The molecular weight excluding hydrogens is 326 g/mol. The summed E-state index contributed by atoms with van der Waals surface area (Å²) in [5.41, 5.74) is 1.37. The van der Waals surface area contributed by atoms with Crippen LogP contribution in [0.15, 0.2) is 35.3 Å². The van der Waals surface area contributed by atoms with Crippen LogP contribution in [0.5, 0.6) is 0 Å². The molecule has 6 heteroatoms. The molecule has 1 aromatic carbocycles. The van der Waals surface area contributed by atoms with Crippen LogP contribution in [0.1, 0.15) is 38.7 Å². The van der Waals surface area contributed by atoms with Crippen molar-refractivity contribution in [3.63, 3.8) is 0 Å². The van der Waals surface area contributed by atoms with Crippen molar-refractivity contribution in [1.29, 1.82) is 0 Å². The maximum atomic E-state index is 11.7. The Kier molecular flexibility index (Phi) is 8.41. The summed E-state index contributed by atoms with van der Waals surface area (Å²) in [4.78, 5) is 18.5. The van der Waals surface area contributed by atoms with E-state index in [1.807, 2.05) is 13.8 Å². The predicted molar refractivity (Wildman–Crippen MR) is 107 cm³/mol. The lowest BCUT2D eigenvalue weighted by molar-refractivity contribution is -0.121. The summed E-state index contributed by atoms with van der Waals surface area (Å²) in [6, 6.07) is 11.2. The lowest BCUT2D eigenvalue weighted by Crippen LogP contribution is -2.49. The predicted octanol–water partition coefficient (Wildman–Crippen LogP) is 1.73. The van der Waals surface area contributed by atoms with E-state index >= 15 is 0 Å². The number of piperidine rings is 1. The van der Waals surface area contributed by atoms with Gasteiger partial charge in [0, 0.05) is 51.7 Å². The molecule has 2 rings (SSSR count). The van der Waals surface area contributed by atoms with E-state index in [9.17, 15) is 4.79 Å². The minimum absolute atomic E-state index is 0.0668. The SMILES string of the molecule is CN=C(NCCC(=O)NC(C)C)NC1CCN(Cc2ccccc2)CC1. The molecule has 1 saturated heterocycles. The van der Waals surface area contributed by atoms with Gasteiger partial charge in [0.2, 0.25) is 5.91 Å². The fourth-order valence-corrected chi connectivity index (χ4v) is 3.15. The summed E-state index contributed by atoms with van der Waals surface area (Å²) >= 11 is 0. The normalized spacial score (nSPS) is 16.5. The van der Waals surface area contributed by atoms with Crippen LogP contribution in [0.4, 0.5) is 0 Å². The van der Waals surface area contributed by atoms with Gasteiger partial charge in [-0.1, -0.05) is 30.3 Å². The molecule has 0 saturated carbocycles. The van der Waals surface area contributed by atoms with E-state index in [0.717, 1.165) is 38.4 Å². The number of amides is 1. The van der Waals surface area contributed by atoms with Gasteiger partial charge in [0.05, 0.1) is 0 Å². The van der Waals surface area contributed by atoms with Crippen LogP contribution >= 0.6 is 0 Å². The Balaban J connectivity index is 1.66. The van der Waals surface area contributed by atoms with Gasteiger partial charge >= 0.3 is 0 Å². The van der Waals surface area contributed by atoms with Gasteiger partial charge in [-0.25, -0.2) is 0 Å². The highest BCUT2D eigenvalue weighted by molar-refractivity contribution is 5.81. The van der Waals surface area contributed by atoms with Crippen molar-refractivity contribution >= 4 is 11.9 Å². The minimum Gasteiger partial charge on any atom is -0.356 e. The second-order valence-electron chi connectivity index (χ2n) is 7.15. The molecule has 1 aromatic rings. The van der Waals surface area contributed by atoms with Crippen molar-refractivity contribution in [2.75, 3.05) is 26.7 Å². The third-order valence-electron chi connectivity index (χ3n) is 4.50. The van der Waals surface area contributed by atoms with Crippen molar-refractivity contribution in [2.24, 2.45) is 4.99 Å². The number of benzene rings is 1. The fourth-order valence-electron chi connectivity index (χ4n) is 3.15. The number of likely N-dealkylation sites (tertiary alicyclic amines) is 1. The molecule has 1 aliphatic rings. The van der Waals surface area contributed by atoms with Gasteiger partial charge in [0.1, 0.15) is 0 Å². The van der Waals surface area contributed by atoms with E-state index in [2.05, 4.69) is 56.2 Å². The first-order chi connectivity index (χ1) is 12.6. The Morgan fingerprint density at radius 3 is 2.54 bits per heavy atom. The number of carbonyl (C=O) groups excluding carboxylic acids is 1. The number of hydrogen-bond donors (Lipinski definition) is 3. The third kappa shape index (κ3) is 7.44. The molecule has 6 nitrogen and oxygen atoms in total. The summed E-state index contributed by atoms with van der Waals surface area (Å²) in [7, 11) is 1.77. The first-order valence-electron chi connectivity index (χ1n) is 9.59.